The number of nitrogens with one attached hydrogen (secondary N) is 1. The molecule has 1 amide bonds. The van der Waals surface area contributed by atoms with Crippen molar-refractivity contribution in [3.63, 3.8) is 0 Å². The zero-order valence-electron chi connectivity index (χ0n) is 16.2. The smallest absolute Gasteiger partial charge is 0.227 e. The lowest BCUT2D eigenvalue weighted by molar-refractivity contribution is -0.121. The van der Waals surface area contributed by atoms with Crippen LogP contribution in [0.5, 0.6) is 11.5 Å². The highest BCUT2D eigenvalue weighted by molar-refractivity contribution is 5.76. The molecule has 1 N–H and O–H groups in total. The standard InChI is InChI=1S/C21H23N3O4/c1-14-6-4-5-7-16(14)13-22-19(25)10-11-20-23-21(24-28-20)15-8-9-17(26-2)18(12-15)27-3/h4-9,12H,10-11,13H2,1-3H3,(H,22,25). The van der Waals surface area contributed by atoms with Crippen LogP contribution in [0.2, 0.25) is 0 Å². The van der Waals surface area contributed by atoms with Gasteiger partial charge in [-0.25, -0.2) is 0 Å². The quantitative estimate of drug-likeness (QED) is 0.644. The van der Waals surface area contributed by atoms with E-state index in [1.807, 2.05) is 37.3 Å². The van der Waals surface area contributed by atoms with E-state index in [0.29, 0.717) is 36.2 Å². The van der Waals surface area contributed by atoms with Crippen LogP contribution in [0, 0.1) is 6.92 Å². The van der Waals surface area contributed by atoms with Gasteiger partial charge in [0.1, 0.15) is 0 Å². The van der Waals surface area contributed by atoms with Crippen LogP contribution in [0.15, 0.2) is 47.0 Å². The monoisotopic (exact) mass is 381 g/mol. The van der Waals surface area contributed by atoms with Gasteiger partial charge in [-0.2, -0.15) is 4.98 Å². The van der Waals surface area contributed by atoms with Crippen LogP contribution in [-0.2, 0) is 17.8 Å². The number of carbonyl (C=O) groups excluding carboxylic acids is 1. The molecule has 0 fully saturated rings. The lowest BCUT2D eigenvalue weighted by atomic mass is 10.1. The Hall–Kier alpha value is -3.35. The van der Waals surface area contributed by atoms with E-state index in [1.165, 1.54) is 0 Å². The molecule has 1 aromatic heterocycles. The van der Waals surface area contributed by atoms with E-state index in [2.05, 4.69) is 15.5 Å². The number of amides is 1. The van der Waals surface area contributed by atoms with Crippen LogP contribution < -0.4 is 14.8 Å². The van der Waals surface area contributed by atoms with Gasteiger partial charge in [0.15, 0.2) is 11.5 Å². The van der Waals surface area contributed by atoms with Crippen molar-refractivity contribution in [2.24, 2.45) is 0 Å². The molecule has 7 nitrogen and oxygen atoms in total. The number of benzene rings is 2. The predicted molar refractivity (Wildman–Crippen MR) is 104 cm³/mol. The minimum atomic E-state index is -0.0610. The summed E-state index contributed by atoms with van der Waals surface area (Å²) in [6.07, 6.45) is 0.652. The molecule has 146 valence electrons. The summed E-state index contributed by atoms with van der Waals surface area (Å²) in [6, 6.07) is 13.4. The number of nitrogens with zero attached hydrogens (tertiary/aromatic N) is 2. The molecule has 0 aliphatic rings. The third-order valence-corrected chi connectivity index (χ3v) is 4.41. The summed E-state index contributed by atoms with van der Waals surface area (Å²) in [6.45, 7) is 2.53. The van der Waals surface area contributed by atoms with Crippen LogP contribution in [0.25, 0.3) is 11.4 Å². The highest BCUT2D eigenvalue weighted by Gasteiger charge is 2.13. The van der Waals surface area contributed by atoms with Crippen molar-refractivity contribution in [3.8, 4) is 22.9 Å². The van der Waals surface area contributed by atoms with Crippen LogP contribution in [0.1, 0.15) is 23.4 Å². The average molecular weight is 381 g/mol. The third kappa shape index (κ3) is 4.68. The maximum absolute atomic E-state index is 12.1. The van der Waals surface area contributed by atoms with E-state index < -0.39 is 0 Å². The van der Waals surface area contributed by atoms with Gasteiger partial charge in [0.2, 0.25) is 17.6 Å². The Kier molecular flexibility index (Phi) is 6.26. The second-order valence-electron chi connectivity index (χ2n) is 6.28. The summed E-state index contributed by atoms with van der Waals surface area (Å²) in [7, 11) is 3.15. The Labute approximate surface area is 163 Å². The number of methoxy groups -OCH3 is 2. The maximum atomic E-state index is 12.1. The molecule has 0 aliphatic heterocycles. The molecular formula is C21H23N3O4. The van der Waals surface area contributed by atoms with E-state index in [9.17, 15) is 4.79 Å². The number of ether oxygens (including phenoxy) is 2. The Balaban J connectivity index is 1.56. The van der Waals surface area contributed by atoms with Crippen molar-refractivity contribution in [3.05, 3.63) is 59.5 Å². The van der Waals surface area contributed by atoms with Crippen LogP contribution in [-0.4, -0.2) is 30.3 Å². The van der Waals surface area contributed by atoms with E-state index in [1.54, 1.807) is 26.4 Å². The molecule has 0 saturated carbocycles. The third-order valence-electron chi connectivity index (χ3n) is 4.41. The van der Waals surface area contributed by atoms with Crippen molar-refractivity contribution < 1.29 is 18.8 Å². The van der Waals surface area contributed by atoms with Gasteiger partial charge in [0.25, 0.3) is 0 Å². The summed E-state index contributed by atoms with van der Waals surface area (Å²) >= 11 is 0. The zero-order chi connectivity index (χ0) is 19.9. The average Bonchev–Trinajstić information content (AvgIpc) is 3.20. The highest BCUT2D eigenvalue weighted by Crippen LogP contribution is 2.31. The Morgan fingerprint density at radius 2 is 1.89 bits per heavy atom. The molecule has 7 heteroatoms. The van der Waals surface area contributed by atoms with Gasteiger partial charge in [-0.3, -0.25) is 4.79 Å². The summed E-state index contributed by atoms with van der Waals surface area (Å²) < 4.78 is 15.8. The predicted octanol–water partition coefficient (Wildman–Crippen LogP) is 3.31. The van der Waals surface area contributed by atoms with E-state index in [0.717, 1.165) is 16.7 Å². The van der Waals surface area contributed by atoms with Gasteiger partial charge in [-0.05, 0) is 36.2 Å². The molecule has 0 bridgehead atoms. The minimum Gasteiger partial charge on any atom is -0.493 e. The molecule has 0 spiro atoms. The molecule has 1 heterocycles. The van der Waals surface area contributed by atoms with E-state index in [-0.39, 0.29) is 12.3 Å². The second kappa shape index (κ2) is 9.03. The van der Waals surface area contributed by atoms with E-state index in [4.69, 9.17) is 14.0 Å². The molecule has 3 aromatic rings. The lowest BCUT2D eigenvalue weighted by Crippen LogP contribution is -2.23. The van der Waals surface area contributed by atoms with Gasteiger partial charge in [0, 0.05) is 24.9 Å². The fourth-order valence-electron chi connectivity index (χ4n) is 2.76. The van der Waals surface area contributed by atoms with Crippen molar-refractivity contribution in [2.45, 2.75) is 26.3 Å². The molecule has 2 aromatic carbocycles. The normalized spacial score (nSPS) is 10.5. The number of aromatic nitrogens is 2. The van der Waals surface area contributed by atoms with Crippen LogP contribution in [0.4, 0.5) is 0 Å². The van der Waals surface area contributed by atoms with Crippen LogP contribution in [0.3, 0.4) is 0 Å². The number of hydrogen-bond donors (Lipinski definition) is 1. The number of rotatable bonds is 8. The fourth-order valence-corrected chi connectivity index (χ4v) is 2.76. The summed E-state index contributed by atoms with van der Waals surface area (Å²) in [4.78, 5) is 16.5. The van der Waals surface area contributed by atoms with Gasteiger partial charge >= 0.3 is 0 Å². The molecule has 0 unspecified atom stereocenters. The summed E-state index contributed by atoms with van der Waals surface area (Å²) in [5.41, 5.74) is 3.00. The topological polar surface area (TPSA) is 86.5 Å². The van der Waals surface area contributed by atoms with Gasteiger partial charge < -0.3 is 19.3 Å². The Bertz CT molecular complexity index is 952. The SMILES string of the molecule is COc1ccc(-c2noc(CCC(=O)NCc3ccccc3C)n2)cc1OC. The summed E-state index contributed by atoms with van der Waals surface area (Å²) in [5.74, 6) is 2.00. The molecule has 3 rings (SSSR count). The van der Waals surface area contributed by atoms with E-state index >= 15 is 0 Å². The number of aryl methyl sites for hydroxylation is 2. The van der Waals surface area contributed by atoms with Gasteiger partial charge in [0.05, 0.1) is 14.2 Å². The summed E-state index contributed by atoms with van der Waals surface area (Å²) in [5, 5.41) is 6.90. The fraction of sp³-hybridized carbons (Fsp3) is 0.286. The molecule has 0 saturated heterocycles. The minimum absolute atomic E-state index is 0.0610. The molecule has 0 radical (unpaired) electrons. The first-order valence-electron chi connectivity index (χ1n) is 8.97. The number of carbonyl (C=O) groups is 1. The number of hydrogen-bond acceptors (Lipinski definition) is 6. The zero-order valence-corrected chi connectivity index (χ0v) is 16.2. The highest BCUT2D eigenvalue weighted by atomic mass is 16.5. The first-order valence-corrected chi connectivity index (χ1v) is 8.97. The van der Waals surface area contributed by atoms with Crippen molar-refractivity contribution in [2.75, 3.05) is 14.2 Å². The molecule has 0 aliphatic carbocycles. The van der Waals surface area contributed by atoms with Gasteiger partial charge in [-0.1, -0.05) is 29.4 Å². The van der Waals surface area contributed by atoms with Crippen molar-refractivity contribution >= 4 is 5.91 Å². The maximum Gasteiger partial charge on any atom is 0.227 e. The van der Waals surface area contributed by atoms with Crippen molar-refractivity contribution in [1.29, 1.82) is 0 Å². The molecular weight excluding hydrogens is 358 g/mol. The Morgan fingerprint density at radius 3 is 2.64 bits per heavy atom. The largest absolute Gasteiger partial charge is 0.493 e. The second-order valence-corrected chi connectivity index (χ2v) is 6.28. The first-order chi connectivity index (χ1) is 13.6. The van der Waals surface area contributed by atoms with Crippen LogP contribution >= 0.6 is 0 Å². The lowest BCUT2D eigenvalue weighted by Gasteiger charge is -2.07. The van der Waals surface area contributed by atoms with Gasteiger partial charge in [-0.15, -0.1) is 0 Å². The van der Waals surface area contributed by atoms with Crippen molar-refractivity contribution in [1.82, 2.24) is 15.5 Å². The first kappa shape index (κ1) is 19.4. The Morgan fingerprint density at radius 1 is 1.11 bits per heavy atom. The molecule has 28 heavy (non-hydrogen) atoms. The molecule has 0 atom stereocenters.